The Morgan fingerprint density at radius 1 is 1.21 bits per heavy atom. The summed E-state index contributed by atoms with van der Waals surface area (Å²) < 4.78 is 16.1. The standard InChI is InChI=1S/C15H12BrN3O5/c16-13-4-2-10(24-13)6-18-19-14(20)7-17-15(21)9-1-3-11-12(5-9)23-8-22-11/h1-6H,7-8H2,(H,17,21)(H,19,20). The first-order valence-corrected chi connectivity index (χ1v) is 7.66. The summed E-state index contributed by atoms with van der Waals surface area (Å²) in [5.74, 6) is 0.699. The van der Waals surface area contributed by atoms with Crippen molar-refractivity contribution in [3.05, 3.63) is 46.3 Å². The molecule has 0 bridgehead atoms. The molecule has 0 radical (unpaired) electrons. The monoisotopic (exact) mass is 393 g/mol. The molecule has 1 aromatic heterocycles. The van der Waals surface area contributed by atoms with Crippen molar-refractivity contribution < 1.29 is 23.5 Å². The summed E-state index contributed by atoms with van der Waals surface area (Å²) in [6, 6.07) is 8.18. The fraction of sp³-hybridized carbons (Fsp3) is 0.133. The minimum Gasteiger partial charge on any atom is -0.454 e. The van der Waals surface area contributed by atoms with Gasteiger partial charge in [-0.15, -0.1) is 0 Å². The predicted octanol–water partition coefficient (Wildman–Crippen LogP) is 1.65. The summed E-state index contributed by atoms with van der Waals surface area (Å²) in [6.07, 6.45) is 1.35. The Morgan fingerprint density at radius 2 is 2.04 bits per heavy atom. The van der Waals surface area contributed by atoms with Crippen LogP contribution < -0.4 is 20.2 Å². The molecule has 0 spiro atoms. The summed E-state index contributed by atoms with van der Waals surface area (Å²) in [7, 11) is 0. The Labute approximate surface area is 144 Å². The van der Waals surface area contributed by atoms with Gasteiger partial charge >= 0.3 is 0 Å². The molecule has 1 aromatic carbocycles. The average molecular weight is 394 g/mol. The normalized spacial score (nSPS) is 12.4. The number of ether oxygens (including phenoxy) is 2. The van der Waals surface area contributed by atoms with E-state index in [1.807, 2.05) is 0 Å². The molecule has 124 valence electrons. The van der Waals surface area contributed by atoms with E-state index >= 15 is 0 Å². The lowest BCUT2D eigenvalue weighted by Gasteiger charge is -2.05. The van der Waals surface area contributed by atoms with E-state index in [9.17, 15) is 9.59 Å². The lowest BCUT2D eigenvalue weighted by molar-refractivity contribution is -0.120. The molecule has 0 saturated heterocycles. The van der Waals surface area contributed by atoms with Gasteiger partial charge in [0.25, 0.3) is 11.8 Å². The van der Waals surface area contributed by atoms with E-state index in [4.69, 9.17) is 13.9 Å². The molecule has 1 aliphatic rings. The second kappa shape index (κ2) is 7.18. The van der Waals surface area contributed by atoms with Crippen molar-refractivity contribution in [2.24, 2.45) is 5.10 Å². The highest BCUT2D eigenvalue weighted by Crippen LogP contribution is 2.32. The molecule has 3 rings (SSSR count). The minimum atomic E-state index is -0.467. The highest BCUT2D eigenvalue weighted by atomic mass is 79.9. The summed E-state index contributed by atoms with van der Waals surface area (Å²) in [6.45, 7) is -0.0838. The van der Waals surface area contributed by atoms with Crippen LogP contribution in [0.2, 0.25) is 0 Å². The van der Waals surface area contributed by atoms with Gasteiger partial charge in [0.05, 0.1) is 12.8 Å². The van der Waals surface area contributed by atoms with Gasteiger partial charge in [0.15, 0.2) is 16.2 Å². The number of hydrogen-bond acceptors (Lipinski definition) is 6. The molecule has 24 heavy (non-hydrogen) atoms. The van der Waals surface area contributed by atoms with Gasteiger partial charge in [-0.05, 0) is 46.3 Å². The maximum absolute atomic E-state index is 12.0. The fourth-order valence-corrected chi connectivity index (χ4v) is 2.22. The molecule has 0 saturated carbocycles. The van der Waals surface area contributed by atoms with Gasteiger partial charge in [0, 0.05) is 5.56 Å². The molecule has 0 fully saturated rings. The van der Waals surface area contributed by atoms with E-state index in [0.717, 1.165) is 0 Å². The van der Waals surface area contributed by atoms with Crippen LogP contribution >= 0.6 is 15.9 Å². The van der Waals surface area contributed by atoms with Crippen molar-refractivity contribution in [1.29, 1.82) is 0 Å². The van der Waals surface area contributed by atoms with Gasteiger partial charge in [-0.3, -0.25) is 9.59 Å². The first-order chi connectivity index (χ1) is 11.6. The number of carbonyl (C=O) groups excluding carboxylic acids is 2. The van der Waals surface area contributed by atoms with Crippen molar-refractivity contribution in [3.63, 3.8) is 0 Å². The Hall–Kier alpha value is -2.81. The highest BCUT2D eigenvalue weighted by molar-refractivity contribution is 9.10. The molecule has 9 heteroatoms. The Morgan fingerprint density at radius 3 is 2.83 bits per heavy atom. The fourth-order valence-electron chi connectivity index (χ4n) is 1.91. The number of hydrazone groups is 1. The topological polar surface area (TPSA) is 102 Å². The smallest absolute Gasteiger partial charge is 0.259 e. The number of carbonyl (C=O) groups is 2. The number of furan rings is 1. The van der Waals surface area contributed by atoms with Crippen molar-refractivity contribution >= 4 is 34.0 Å². The third kappa shape index (κ3) is 3.93. The molecule has 2 aromatic rings. The molecule has 0 unspecified atom stereocenters. The van der Waals surface area contributed by atoms with Crippen LogP contribution in [0.25, 0.3) is 0 Å². The quantitative estimate of drug-likeness (QED) is 0.593. The van der Waals surface area contributed by atoms with E-state index in [1.165, 1.54) is 6.21 Å². The molecule has 8 nitrogen and oxygen atoms in total. The van der Waals surface area contributed by atoms with Crippen molar-refractivity contribution in [2.75, 3.05) is 13.3 Å². The molecular weight excluding hydrogens is 382 g/mol. The van der Waals surface area contributed by atoms with Crippen LogP contribution in [0.15, 0.2) is 44.5 Å². The minimum absolute atomic E-state index is 0.132. The average Bonchev–Trinajstić information content (AvgIpc) is 3.20. The second-order valence-electron chi connectivity index (χ2n) is 4.69. The molecule has 1 aliphatic heterocycles. The molecule has 2 N–H and O–H groups in total. The third-order valence-electron chi connectivity index (χ3n) is 3.02. The second-order valence-corrected chi connectivity index (χ2v) is 5.47. The van der Waals surface area contributed by atoms with Crippen LogP contribution in [0.3, 0.4) is 0 Å². The van der Waals surface area contributed by atoms with Gasteiger partial charge in [0.2, 0.25) is 6.79 Å². The lowest BCUT2D eigenvalue weighted by atomic mass is 10.2. The van der Waals surface area contributed by atoms with Crippen molar-refractivity contribution in [3.8, 4) is 11.5 Å². The van der Waals surface area contributed by atoms with Crippen molar-refractivity contribution in [2.45, 2.75) is 0 Å². The SMILES string of the molecule is O=C(CNC(=O)c1ccc2c(c1)OCO2)NN=Cc1ccc(Br)o1. The Bertz CT molecular complexity index is 802. The number of amides is 2. The first kappa shape index (κ1) is 16.1. The van der Waals surface area contributed by atoms with Crippen LogP contribution in [-0.2, 0) is 4.79 Å². The van der Waals surface area contributed by atoms with E-state index in [2.05, 4.69) is 31.8 Å². The maximum atomic E-state index is 12.0. The van der Waals surface area contributed by atoms with Crippen LogP contribution in [0.4, 0.5) is 0 Å². The first-order valence-electron chi connectivity index (χ1n) is 6.87. The van der Waals surface area contributed by atoms with Gasteiger partial charge < -0.3 is 19.2 Å². The van der Waals surface area contributed by atoms with Gasteiger partial charge in [-0.1, -0.05) is 0 Å². The molecule has 0 aliphatic carbocycles. The Balaban J connectivity index is 1.47. The van der Waals surface area contributed by atoms with Crippen LogP contribution in [0.5, 0.6) is 11.5 Å². The summed E-state index contributed by atoms with van der Waals surface area (Å²) in [5, 5.41) is 6.22. The summed E-state index contributed by atoms with van der Waals surface area (Å²) in [4.78, 5) is 23.6. The zero-order valence-electron chi connectivity index (χ0n) is 12.2. The van der Waals surface area contributed by atoms with Gasteiger partial charge in [0.1, 0.15) is 5.76 Å². The maximum Gasteiger partial charge on any atom is 0.259 e. The summed E-state index contributed by atoms with van der Waals surface area (Å²) in [5.41, 5.74) is 2.66. The zero-order chi connectivity index (χ0) is 16.9. The zero-order valence-corrected chi connectivity index (χ0v) is 13.8. The molecule has 2 amide bonds. The molecule has 0 atom stereocenters. The number of rotatable bonds is 5. The largest absolute Gasteiger partial charge is 0.454 e. The van der Waals surface area contributed by atoms with Crippen LogP contribution in [0.1, 0.15) is 16.1 Å². The van der Waals surface area contributed by atoms with E-state index in [1.54, 1.807) is 30.3 Å². The van der Waals surface area contributed by atoms with E-state index < -0.39 is 11.8 Å². The number of halogens is 1. The predicted molar refractivity (Wildman–Crippen MR) is 87.0 cm³/mol. The third-order valence-corrected chi connectivity index (χ3v) is 3.45. The van der Waals surface area contributed by atoms with Crippen LogP contribution in [0, 0.1) is 0 Å². The highest BCUT2D eigenvalue weighted by Gasteiger charge is 2.16. The Kier molecular flexibility index (Phi) is 4.80. The number of benzene rings is 1. The number of nitrogens with one attached hydrogen (secondary N) is 2. The van der Waals surface area contributed by atoms with Crippen LogP contribution in [-0.4, -0.2) is 31.4 Å². The number of fused-ring (bicyclic) bond motifs is 1. The van der Waals surface area contributed by atoms with Crippen molar-refractivity contribution in [1.82, 2.24) is 10.7 Å². The van der Waals surface area contributed by atoms with Gasteiger partial charge in [-0.2, -0.15) is 5.10 Å². The van der Waals surface area contributed by atoms with Gasteiger partial charge in [-0.25, -0.2) is 5.43 Å². The summed E-state index contributed by atoms with van der Waals surface area (Å²) >= 11 is 3.15. The van der Waals surface area contributed by atoms with E-state index in [-0.39, 0.29) is 13.3 Å². The molecular formula is C15H12BrN3O5. The number of hydrogen-bond donors (Lipinski definition) is 2. The van der Waals surface area contributed by atoms with E-state index in [0.29, 0.717) is 27.5 Å². The lowest BCUT2D eigenvalue weighted by Crippen LogP contribution is -2.34. The molecule has 2 heterocycles. The number of nitrogens with zero attached hydrogens (tertiary/aromatic N) is 1.